The molecule has 4 nitrogen and oxygen atoms in total. The molecule has 0 aromatic heterocycles. The van der Waals surface area contributed by atoms with Gasteiger partial charge >= 0.3 is 0 Å². The molecule has 1 fully saturated rings. The Hall–Kier alpha value is -1.71. The molecule has 0 atom stereocenters. The van der Waals surface area contributed by atoms with E-state index < -0.39 is 0 Å². The zero-order valence-electron chi connectivity index (χ0n) is 10.2. The lowest BCUT2D eigenvalue weighted by atomic mass is 10.1. The predicted octanol–water partition coefficient (Wildman–Crippen LogP) is 2.20. The van der Waals surface area contributed by atoms with E-state index in [1.54, 1.807) is 6.07 Å². The second kappa shape index (κ2) is 4.65. The number of ketones is 1. The molecule has 0 aliphatic carbocycles. The average Bonchev–Trinajstić information content (AvgIpc) is 2.80. The summed E-state index contributed by atoms with van der Waals surface area (Å²) < 4.78 is 5.18. The van der Waals surface area contributed by atoms with E-state index in [1.165, 1.54) is 14.0 Å². The fourth-order valence-corrected chi connectivity index (χ4v) is 2.26. The molecule has 1 aliphatic heterocycles. The fraction of sp³-hybridized carbons (Fsp3) is 0.462. The monoisotopic (exact) mass is 235 g/mol. The van der Waals surface area contributed by atoms with Crippen LogP contribution in [0.5, 0.6) is 11.5 Å². The summed E-state index contributed by atoms with van der Waals surface area (Å²) in [5.74, 6) is 0.255. The summed E-state index contributed by atoms with van der Waals surface area (Å²) in [5, 5.41) is 9.91. The number of rotatable bonds is 3. The lowest BCUT2D eigenvalue weighted by Crippen LogP contribution is -2.17. The van der Waals surface area contributed by atoms with Crippen LogP contribution in [0.1, 0.15) is 30.1 Å². The first-order chi connectivity index (χ1) is 8.13. The molecule has 0 unspecified atom stereocenters. The first-order valence-corrected chi connectivity index (χ1v) is 5.80. The van der Waals surface area contributed by atoms with Gasteiger partial charge in [0.1, 0.15) is 17.1 Å². The quantitative estimate of drug-likeness (QED) is 0.816. The number of Topliss-reactive ketones (excluding diaryl/α,β-unsaturated/α-hetero) is 1. The number of benzene rings is 1. The normalized spacial score (nSPS) is 15.1. The van der Waals surface area contributed by atoms with Crippen molar-refractivity contribution in [2.24, 2.45) is 0 Å². The molecule has 0 bridgehead atoms. The van der Waals surface area contributed by atoms with E-state index in [-0.39, 0.29) is 17.1 Å². The van der Waals surface area contributed by atoms with Crippen LogP contribution in [-0.2, 0) is 0 Å². The van der Waals surface area contributed by atoms with Crippen molar-refractivity contribution < 1.29 is 14.6 Å². The molecule has 0 radical (unpaired) electrons. The highest BCUT2D eigenvalue weighted by Crippen LogP contribution is 2.35. The zero-order chi connectivity index (χ0) is 12.4. The molecule has 2 rings (SSSR count). The number of carbonyl (C=O) groups excluding carboxylic acids is 1. The third-order valence-corrected chi connectivity index (χ3v) is 3.11. The molecule has 1 aromatic rings. The lowest BCUT2D eigenvalue weighted by Gasteiger charge is -2.20. The Bertz CT molecular complexity index is 437. The Labute approximate surface area is 101 Å². The molecular formula is C13H17NO3. The summed E-state index contributed by atoms with van der Waals surface area (Å²) in [5.41, 5.74) is 1.18. The van der Waals surface area contributed by atoms with Crippen molar-refractivity contribution in [3.05, 3.63) is 17.7 Å². The maximum atomic E-state index is 11.4. The Morgan fingerprint density at radius 2 is 2.00 bits per heavy atom. The number of ether oxygens (including phenoxy) is 1. The second-order valence-electron chi connectivity index (χ2n) is 4.29. The second-order valence-corrected chi connectivity index (χ2v) is 4.29. The van der Waals surface area contributed by atoms with Crippen molar-refractivity contribution in [3.8, 4) is 11.5 Å². The third-order valence-electron chi connectivity index (χ3n) is 3.11. The van der Waals surface area contributed by atoms with E-state index in [9.17, 15) is 9.90 Å². The van der Waals surface area contributed by atoms with Gasteiger partial charge in [0, 0.05) is 30.9 Å². The number of hydrogen-bond acceptors (Lipinski definition) is 4. The van der Waals surface area contributed by atoms with Crippen molar-refractivity contribution in [2.45, 2.75) is 19.8 Å². The van der Waals surface area contributed by atoms with Crippen LogP contribution < -0.4 is 9.64 Å². The van der Waals surface area contributed by atoms with Gasteiger partial charge in [0.05, 0.1) is 7.11 Å². The van der Waals surface area contributed by atoms with Gasteiger partial charge in [-0.1, -0.05) is 0 Å². The van der Waals surface area contributed by atoms with Crippen molar-refractivity contribution in [3.63, 3.8) is 0 Å². The Morgan fingerprint density at radius 1 is 1.35 bits per heavy atom. The maximum absolute atomic E-state index is 11.4. The molecule has 1 N–H and O–H groups in total. The first-order valence-electron chi connectivity index (χ1n) is 5.80. The minimum atomic E-state index is -0.188. The summed E-state index contributed by atoms with van der Waals surface area (Å²) in [7, 11) is 1.51. The molecule has 1 aromatic carbocycles. The highest BCUT2D eigenvalue weighted by molar-refractivity contribution is 6.00. The van der Waals surface area contributed by atoms with Gasteiger partial charge in [-0.3, -0.25) is 4.79 Å². The summed E-state index contributed by atoms with van der Waals surface area (Å²) in [6.45, 7) is 3.40. The van der Waals surface area contributed by atoms with Gasteiger partial charge < -0.3 is 14.7 Å². The molecule has 0 spiro atoms. The molecule has 1 saturated heterocycles. The summed E-state index contributed by atoms with van der Waals surface area (Å²) in [4.78, 5) is 13.6. The van der Waals surface area contributed by atoms with Crippen LogP contribution in [0, 0.1) is 0 Å². The molecule has 17 heavy (non-hydrogen) atoms. The van der Waals surface area contributed by atoms with Crippen LogP contribution in [0.4, 0.5) is 5.69 Å². The average molecular weight is 235 g/mol. The van der Waals surface area contributed by atoms with Crippen molar-refractivity contribution >= 4 is 11.5 Å². The summed E-state index contributed by atoms with van der Waals surface area (Å²) in [6, 6.07) is 3.46. The highest BCUT2D eigenvalue weighted by atomic mass is 16.5. The highest BCUT2D eigenvalue weighted by Gasteiger charge is 2.19. The van der Waals surface area contributed by atoms with Gasteiger partial charge in [0.2, 0.25) is 0 Å². The Kier molecular flexibility index (Phi) is 3.22. The van der Waals surface area contributed by atoms with Gasteiger partial charge in [-0.2, -0.15) is 0 Å². The van der Waals surface area contributed by atoms with Gasteiger partial charge in [0.15, 0.2) is 5.78 Å². The fourth-order valence-electron chi connectivity index (χ4n) is 2.26. The molecule has 0 saturated carbocycles. The van der Waals surface area contributed by atoms with Crippen molar-refractivity contribution in [2.75, 3.05) is 25.1 Å². The molecule has 0 amide bonds. The van der Waals surface area contributed by atoms with Crippen molar-refractivity contribution in [1.29, 1.82) is 0 Å². The molecular weight excluding hydrogens is 218 g/mol. The maximum Gasteiger partial charge on any atom is 0.167 e. The minimum Gasteiger partial charge on any atom is -0.507 e. The molecule has 4 heteroatoms. The van der Waals surface area contributed by atoms with E-state index in [4.69, 9.17) is 4.74 Å². The van der Waals surface area contributed by atoms with Crippen LogP contribution in [0.15, 0.2) is 12.1 Å². The topological polar surface area (TPSA) is 49.8 Å². The van der Waals surface area contributed by atoms with E-state index in [0.29, 0.717) is 5.75 Å². The smallest absolute Gasteiger partial charge is 0.167 e. The largest absolute Gasteiger partial charge is 0.507 e. The van der Waals surface area contributed by atoms with E-state index in [1.807, 2.05) is 6.07 Å². The first kappa shape index (κ1) is 11.8. The Morgan fingerprint density at radius 3 is 2.53 bits per heavy atom. The Balaban J connectivity index is 2.43. The van der Waals surface area contributed by atoms with Crippen LogP contribution in [0.3, 0.4) is 0 Å². The number of aromatic hydroxyl groups is 1. The zero-order valence-corrected chi connectivity index (χ0v) is 10.2. The van der Waals surface area contributed by atoms with Gasteiger partial charge in [0.25, 0.3) is 0 Å². The van der Waals surface area contributed by atoms with Crippen molar-refractivity contribution in [1.82, 2.24) is 0 Å². The van der Waals surface area contributed by atoms with E-state index in [2.05, 4.69) is 4.90 Å². The van der Waals surface area contributed by atoms with Gasteiger partial charge in [-0.15, -0.1) is 0 Å². The number of carbonyl (C=O) groups is 1. The number of phenolic OH excluding ortho intramolecular Hbond substituents is 1. The minimum absolute atomic E-state index is 0.00116. The van der Waals surface area contributed by atoms with Crippen LogP contribution in [0.25, 0.3) is 0 Å². The molecule has 1 aliphatic rings. The number of phenols is 1. The van der Waals surface area contributed by atoms with Crippen LogP contribution >= 0.6 is 0 Å². The van der Waals surface area contributed by atoms with E-state index >= 15 is 0 Å². The summed E-state index contributed by atoms with van der Waals surface area (Å²) >= 11 is 0. The molecule has 92 valence electrons. The van der Waals surface area contributed by atoms with Crippen LogP contribution in [0.2, 0.25) is 0 Å². The van der Waals surface area contributed by atoms with Gasteiger partial charge in [-0.25, -0.2) is 0 Å². The SMILES string of the molecule is COc1cc(N2CCCC2)cc(O)c1C(C)=O. The number of hydrogen-bond donors (Lipinski definition) is 1. The summed E-state index contributed by atoms with van der Waals surface area (Å²) in [6.07, 6.45) is 2.33. The molecule has 1 heterocycles. The lowest BCUT2D eigenvalue weighted by molar-refractivity contribution is 0.101. The van der Waals surface area contributed by atoms with Crippen LogP contribution in [-0.4, -0.2) is 31.1 Å². The standard InChI is InChI=1S/C13H17NO3/c1-9(15)13-11(16)7-10(8-12(13)17-2)14-5-3-4-6-14/h7-8,16H,3-6H2,1-2H3. The predicted molar refractivity (Wildman–Crippen MR) is 66.1 cm³/mol. The number of nitrogens with zero attached hydrogens (tertiary/aromatic N) is 1. The van der Waals surface area contributed by atoms with Gasteiger partial charge in [-0.05, 0) is 19.8 Å². The number of anilines is 1. The third kappa shape index (κ3) is 2.20. The number of methoxy groups -OCH3 is 1. The van der Waals surface area contributed by atoms with E-state index in [0.717, 1.165) is 31.6 Å².